The molecule has 0 aromatic heterocycles. The molecule has 0 aliphatic rings. The number of rotatable bonds is 6. The smallest absolute Gasteiger partial charge is 0.178 e. The monoisotopic (exact) mass is 316 g/mol. The maximum absolute atomic E-state index is 10.6. The Labute approximate surface area is 115 Å². The van der Waals surface area contributed by atoms with Gasteiger partial charge in [-0.05, 0) is 27.9 Å². The molecular weight excluding hydrogens is 300 g/mol. The Hall–Kier alpha value is -1.23. The third kappa shape index (κ3) is 2.77. The normalized spacial score (nSPS) is 11.8. The van der Waals surface area contributed by atoms with Crippen molar-refractivity contribution >= 4 is 22.2 Å². The lowest BCUT2D eigenvalue weighted by molar-refractivity contribution is -0.108. The molecule has 0 heterocycles. The molecule has 0 aliphatic carbocycles. The van der Waals surface area contributed by atoms with Gasteiger partial charge in [-0.1, -0.05) is 6.92 Å². The van der Waals surface area contributed by atoms with Crippen molar-refractivity contribution < 1.29 is 19.0 Å². The van der Waals surface area contributed by atoms with Crippen LogP contribution in [0.5, 0.6) is 17.2 Å². The van der Waals surface area contributed by atoms with Gasteiger partial charge in [0.1, 0.15) is 16.5 Å². The van der Waals surface area contributed by atoms with Crippen LogP contribution in [0.3, 0.4) is 0 Å². The largest absolute Gasteiger partial charge is 0.495 e. The van der Waals surface area contributed by atoms with Crippen molar-refractivity contribution in [2.45, 2.75) is 19.3 Å². The molecule has 1 aromatic rings. The van der Waals surface area contributed by atoms with Crippen LogP contribution in [0.2, 0.25) is 0 Å². The van der Waals surface area contributed by atoms with Gasteiger partial charge < -0.3 is 19.0 Å². The highest BCUT2D eigenvalue weighted by atomic mass is 79.9. The van der Waals surface area contributed by atoms with Crippen molar-refractivity contribution in [3.8, 4) is 17.2 Å². The summed E-state index contributed by atoms with van der Waals surface area (Å²) in [6.07, 6.45) is 1.33. The molecule has 1 rings (SSSR count). The van der Waals surface area contributed by atoms with E-state index in [0.29, 0.717) is 28.1 Å². The standard InChI is InChI=1S/C13H17BrO4/c1-8(5-6-15)9-7-10(16-2)13(18-4)11(14)12(9)17-3/h6-8H,5H2,1-4H3. The molecule has 1 unspecified atom stereocenters. The minimum absolute atomic E-state index is 0.0496. The molecule has 0 bridgehead atoms. The van der Waals surface area contributed by atoms with Crippen LogP contribution >= 0.6 is 15.9 Å². The van der Waals surface area contributed by atoms with E-state index in [1.807, 2.05) is 13.0 Å². The van der Waals surface area contributed by atoms with Crippen molar-refractivity contribution in [3.63, 3.8) is 0 Å². The van der Waals surface area contributed by atoms with Crippen LogP contribution in [0.4, 0.5) is 0 Å². The summed E-state index contributed by atoms with van der Waals surface area (Å²) in [6, 6.07) is 1.84. The van der Waals surface area contributed by atoms with Gasteiger partial charge in [0.15, 0.2) is 11.5 Å². The predicted molar refractivity (Wildman–Crippen MR) is 72.9 cm³/mol. The molecule has 0 radical (unpaired) electrons. The van der Waals surface area contributed by atoms with E-state index in [4.69, 9.17) is 14.2 Å². The van der Waals surface area contributed by atoms with Crippen molar-refractivity contribution in [1.29, 1.82) is 0 Å². The van der Waals surface area contributed by atoms with E-state index in [2.05, 4.69) is 15.9 Å². The fraction of sp³-hybridized carbons (Fsp3) is 0.462. The van der Waals surface area contributed by atoms with Crippen LogP contribution in [-0.2, 0) is 4.79 Å². The third-order valence-electron chi connectivity index (χ3n) is 2.78. The van der Waals surface area contributed by atoms with Gasteiger partial charge in [0.05, 0.1) is 21.3 Å². The molecule has 1 atom stereocenters. The molecule has 4 nitrogen and oxygen atoms in total. The lowest BCUT2D eigenvalue weighted by atomic mass is 9.97. The topological polar surface area (TPSA) is 44.8 Å². The number of methoxy groups -OCH3 is 3. The summed E-state index contributed by atoms with van der Waals surface area (Å²) in [5.41, 5.74) is 0.911. The highest BCUT2D eigenvalue weighted by Gasteiger charge is 2.21. The zero-order chi connectivity index (χ0) is 13.7. The second-order valence-electron chi connectivity index (χ2n) is 3.85. The second-order valence-corrected chi connectivity index (χ2v) is 4.64. The molecule has 100 valence electrons. The molecule has 0 N–H and O–H groups in total. The van der Waals surface area contributed by atoms with Gasteiger partial charge in [0, 0.05) is 12.0 Å². The Morgan fingerprint density at radius 3 is 2.28 bits per heavy atom. The first-order valence-electron chi connectivity index (χ1n) is 5.52. The van der Waals surface area contributed by atoms with Gasteiger partial charge in [-0.3, -0.25) is 0 Å². The quantitative estimate of drug-likeness (QED) is 0.756. The summed E-state index contributed by atoms with van der Waals surface area (Å²) >= 11 is 3.45. The number of carbonyl (C=O) groups excluding carboxylic acids is 1. The summed E-state index contributed by atoms with van der Waals surface area (Å²) in [4.78, 5) is 10.6. The molecule has 1 aromatic carbocycles. The van der Waals surface area contributed by atoms with Crippen molar-refractivity contribution in [3.05, 3.63) is 16.1 Å². The number of hydrogen-bond acceptors (Lipinski definition) is 4. The van der Waals surface area contributed by atoms with E-state index in [-0.39, 0.29) is 5.92 Å². The lowest BCUT2D eigenvalue weighted by Gasteiger charge is -2.19. The van der Waals surface area contributed by atoms with Crippen LogP contribution < -0.4 is 14.2 Å². The van der Waals surface area contributed by atoms with E-state index >= 15 is 0 Å². The average molecular weight is 317 g/mol. The highest BCUT2D eigenvalue weighted by molar-refractivity contribution is 9.10. The number of carbonyl (C=O) groups is 1. The second kappa shape index (κ2) is 6.64. The maximum Gasteiger partial charge on any atom is 0.178 e. The van der Waals surface area contributed by atoms with Crippen LogP contribution in [0.1, 0.15) is 24.8 Å². The molecule has 0 spiro atoms. The van der Waals surface area contributed by atoms with Crippen LogP contribution in [0, 0.1) is 0 Å². The Morgan fingerprint density at radius 1 is 1.22 bits per heavy atom. The number of aldehydes is 1. The zero-order valence-corrected chi connectivity index (χ0v) is 12.5. The molecule has 18 heavy (non-hydrogen) atoms. The fourth-order valence-corrected chi connectivity index (χ4v) is 2.55. The van der Waals surface area contributed by atoms with Crippen LogP contribution in [0.25, 0.3) is 0 Å². The van der Waals surface area contributed by atoms with E-state index in [0.717, 1.165) is 11.8 Å². The number of hydrogen-bond donors (Lipinski definition) is 0. The maximum atomic E-state index is 10.6. The minimum Gasteiger partial charge on any atom is -0.495 e. The Balaban J connectivity index is 3.41. The summed E-state index contributed by atoms with van der Waals surface area (Å²) in [7, 11) is 4.73. The van der Waals surface area contributed by atoms with Crippen molar-refractivity contribution in [2.75, 3.05) is 21.3 Å². The minimum atomic E-state index is 0.0496. The summed E-state index contributed by atoms with van der Waals surface area (Å²) in [6.45, 7) is 1.96. The predicted octanol–water partition coefficient (Wildman–Crippen LogP) is 3.17. The Kier molecular flexibility index (Phi) is 5.47. The van der Waals surface area contributed by atoms with Gasteiger partial charge in [-0.2, -0.15) is 0 Å². The van der Waals surface area contributed by atoms with Gasteiger partial charge in [-0.15, -0.1) is 0 Å². The van der Waals surface area contributed by atoms with Crippen molar-refractivity contribution in [1.82, 2.24) is 0 Å². The molecule has 0 saturated carbocycles. The van der Waals surface area contributed by atoms with Gasteiger partial charge in [0.2, 0.25) is 0 Å². The third-order valence-corrected chi connectivity index (χ3v) is 3.50. The Morgan fingerprint density at radius 2 is 1.83 bits per heavy atom. The summed E-state index contributed by atoms with van der Waals surface area (Å²) in [5, 5.41) is 0. The van der Waals surface area contributed by atoms with Gasteiger partial charge in [0.25, 0.3) is 0 Å². The molecule has 0 fully saturated rings. The lowest BCUT2D eigenvalue weighted by Crippen LogP contribution is -2.02. The van der Waals surface area contributed by atoms with Crippen LogP contribution in [0.15, 0.2) is 10.5 Å². The first-order chi connectivity index (χ1) is 8.60. The molecule has 0 aliphatic heterocycles. The first kappa shape index (κ1) is 14.8. The van der Waals surface area contributed by atoms with E-state index < -0.39 is 0 Å². The first-order valence-corrected chi connectivity index (χ1v) is 6.31. The average Bonchev–Trinajstić information content (AvgIpc) is 2.37. The molecule has 5 heteroatoms. The van der Waals surface area contributed by atoms with Gasteiger partial charge in [-0.25, -0.2) is 0 Å². The zero-order valence-electron chi connectivity index (χ0n) is 11.0. The molecular formula is C13H17BrO4. The molecule has 0 amide bonds. The highest BCUT2D eigenvalue weighted by Crippen LogP contribution is 2.46. The number of benzene rings is 1. The number of halogens is 1. The fourth-order valence-electron chi connectivity index (χ4n) is 1.80. The Bertz CT molecular complexity index is 431. The van der Waals surface area contributed by atoms with Crippen molar-refractivity contribution in [2.24, 2.45) is 0 Å². The molecule has 0 saturated heterocycles. The van der Waals surface area contributed by atoms with E-state index in [9.17, 15) is 4.79 Å². The number of ether oxygens (including phenoxy) is 3. The van der Waals surface area contributed by atoms with E-state index in [1.165, 1.54) is 0 Å². The van der Waals surface area contributed by atoms with E-state index in [1.54, 1.807) is 21.3 Å². The van der Waals surface area contributed by atoms with Crippen LogP contribution in [-0.4, -0.2) is 27.6 Å². The summed E-state index contributed by atoms with van der Waals surface area (Å²) < 4.78 is 16.7. The van der Waals surface area contributed by atoms with Gasteiger partial charge >= 0.3 is 0 Å². The summed E-state index contributed by atoms with van der Waals surface area (Å²) in [5.74, 6) is 1.91. The SMILES string of the molecule is COc1cc(C(C)CC=O)c(OC)c(Br)c1OC.